The number of carbonyl (C=O) groups excluding carboxylic acids is 1. The third kappa shape index (κ3) is 4.28. The molecule has 3 aliphatic rings. The van der Waals surface area contributed by atoms with Crippen molar-refractivity contribution in [2.45, 2.75) is 19.9 Å². The van der Waals surface area contributed by atoms with Crippen molar-refractivity contribution in [1.29, 1.82) is 0 Å². The van der Waals surface area contributed by atoms with Crippen LogP contribution < -0.4 is 9.47 Å². The lowest BCUT2D eigenvalue weighted by Gasteiger charge is -2.31. The quantitative estimate of drug-likeness (QED) is 0.665. The lowest BCUT2D eigenvalue weighted by molar-refractivity contribution is 0.0329. The van der Waals surface area contributed by atoms with E-state index in [0.717, 1.165) is 69.2 Å². The molecule has 0 aromatic heterocycles. The minimum Gasteiger partial charge on any atom is -0.477 e. The fourth-order valence-electron chi connectivity index (χ4n) is 4.53. The van der Waals surface area contributed by atoms with E-state index in [0.29, 0.717) is 23.6 Å². The molecule has 2 aromatic rings. The van der Waals surface area contributed by atoms with E-state index >= 15 is 0 Å². The Morgan fingerprint density at radius 3 is 2.72 bits per heavy atom. The third-order valence-corrected chi connectivity index (χ3v) is 6.20. The van der Waals surface area contributed by atoms with E-state index < -0.39 is 0 Å². The largest absolute Gasteiger partial charge is 0.477 e. The number of ether oxygens (including phenoxy) is 3. The maximum Gasteiger partial charge on any atom is 0.231 e. The maximum absolute atomic E-state index is 13.5. The van der Waals surface area contributed by atoms with E-state index in [-0.39, 0.29) is 17.4 Å². The third-order valence-electron chi connectivity index (χ3n) is 6.20. The van der Waals surface area contributed by atoms with Crippen molar-refractivity contribution in [1.82, 2.24) is 9.80 Å². The zero-order valence-corrected chi connectivity index (χ0v) is 18.2. The van der Waals surface area contributed by atoms with Crippen molar-refractivity contribution in [3.05, 3.63) is 64.2 Å². The molecule has 0 saturated carbocycles. The summed E-state index contributed by atoms with van der Waals surface area (Å²) < 4.78 is 30.9. The van der Waals surface area contributed by atoms with Crippen LogP contribution in [0.15, 0.2) is 36.1 Å². The van der Waals surface area contributed by atoms with Crippen LogP contribution >= 0.6 is 0 Å². The van der Waals surface area contributed by atoms with Gasteiger partial charge in [-0.2, -0.15) is 0 Å². The van der Waals surface area contributed by atoms with Crippen LogP contribution in [0.2, 0.25) is 0 Å². The predicted molar refractivity (Wildman–Crippen MR) is 118 cm³/mol. The molecule has 32 heavy (non-hydrogen) atoms. The highest BCUT2D eigenvalue weighted by Crippen LogP contribution is 2.43. The fourth-order valence-corrected chi connectivity index (χ4v) is 4.53. The van der Waals surface area contributed by atoms with Crippen LogP contribution in [0.3, 0.4) is 0 Å². The molecule has 1 saturated heterocycles. The molecule has 0 bridgehead atoms. The Morgan fingerprint density at radius 1 is 1.09 bits per heavy atom. The number of fused-ring (bicyclic) bond motifs is 2. The van der Waals surface area contributed by atoms with Crippen LogP contribution in [0, 0.1) is 12.7 Å². The Hall–Kier alpha value is -2.74. The molecule has 0 amide bonds. The van der Waals surface area contributed by atoms with E-state index in [1.807, 2.05) is 13.0 Å². The van der Waals surface area contributed by atoms with Crippen molar-refractivity contribution in [3.8, 4) is 11.5 Å². The summed E-state index contributed by atoms with van der Waals surface area (Å²) in [6.45, 7) is 8.80. The zero-order chi connectivity index (χ0) is 22.1. The SMILES string of the molecule is Cc1c2c(cc3c1O/C(=C\c1cccc(F)c1)C3=O)CN(CCCN1CCOCC1)CO2. The van der Waals surface area contributed by atoms with Crippen molar-refractivity contribution >= 4 is 11.9 Å². The molecule has 168 valence electrons. The van der Waals surface area contributed by atoms with E-state index in [1.54, 1.807) is 18.2 Å². The number of benzene rings is 2. The molecule has 2 aromatic carbocycles. The topological polar surface area (TPSA) is 51.2 Å². The van der Waals surface area contributed by atoms with Gasteiger partial charge in [0.05, 0.1) is 18.8 Å². The number of rotatable bonds is 5. The van der Waals surface area contributed by atoms with E-state index in [2.05, 4.69) is 9.80 Å². The van der Waals surface area contributed by atoms with Crippen molar-refractivity contribution in [3.63, 3.8) is 0 Å². The number of hydrogen-bond donors (Lipinski definition) is 0. The van der Waals surface area contributed by atoms with Crippen molar-refractivity contribution < 1.29 is 23.4 Å². The van der Waals surface area contributed by atoms with Crippen LogP contribution in [-0.4, -0.2) is 61.7 Å². The van der Waals surface area contributed by atoms with Gasteiger partial charge >= 0.3 is 0 Å². The second kappa shape index (κ2) is 9.02. The van der Waals surface area contributed by atoms with Gasteiger partial charge in [0.15, 0.2) is 5.76 Å². The van der Waals surface area contributed by atoms with Crippen LogP contribution in [-0.2, 0) is 11.3 Å². The second-order valence-corrected chi connectivity index (χ2v) is 8.49. The average Bonchev–Trinajstić information content (AvgIpc) is 3.10. The van der Waals surface area contributed by atoms with Gasteiger partial charge in [0, 0.05) is 37.3 Å². The molecule has 0 spiro atoms. The van der Waals surface area contributed by atoms with E-state index in [1.165, 1.54) is 12.1 Å². The first-order chi connectivity index (χ1) is 15.6. The van der Waals surface area contributed by atoms with Gasteiger partial charge in [-0.25, -0.2) is 4.39 Å². The summed E-state index contributed by atoms with van der Waals surface area (Å²) in [7, 11) is 0. The lowest BCUT2D eigenvalue weighted by atomic mass is 10.00. The summed E-state index contributed by atoms with van der Waals surface area (Å²) in [4.78, 5) is 17.7. The molecule has 0 radical (unpaired) electrons. The molecule has 3 heterocycles. The van der Waals surface area contributed by atoms with Gasteiger partial charge in [0.1, 0.15) is 24.0 Å². The molecule has 1 fully saturated rings. The zero-order valence-electron chi connectivity index (χ0n) is 18.2. The predicted octanol–water partition coefficient (Wildman–Crippen LogP) is 3.62. The van der Waals surface area contributed by atoms with Crippen LogP contribution in [0.25, 0.3) is 6.08 Å². The molecular weight excluding hydrogens is 411 g/mol. The van der Waals surface area contributed by atoms with Gasteiger partial charge in [0.2, 0.25) is 5.78 Å². The molecule has 3 aliphatic heterocycles. The number of hydrogen-bond acceptors (Lipinski definition) is 6. The Bertz CT molecular complexity index is 1060. The number of nitrogens with zero attached hydrogens (tertiary/aromatic N) is 2. The molecule has 6 nitrogen and oxygen atoms in total. The van der Waals surface area contributed by atoms with Gasteiger partial charge in [-0.3, -0.25) is 14.6 Å². The number of Topliss-reactive ketones (excluding diaryl/α,β-unsaturated/α-hetero) is 1. The van der Waals surface area contributed by atoms with Gasteiger partial charge in [0.25, 0.3) is 0 Å². The standard InChI is InChI=1S/C25H27FN2O4/c1-17-24-19(15-28(16-31-24)7-3-6-27-8-10-30-11-9-27)14-21-23(29)22(32-25(17)21)13-18-4-2-5-20(26)12-18/h2,4-5,12-14H,3,6-11,15-16H2,1H3/b22-13-. The number of carbonyl (C=O) groups is 1. The van der Waals surface area contributed by atoms with Crippen LogP contribution in [0.4, 0.5) is 4.39 Å². The molecule has 5 rings (SSSR count). The number of morpholine rings is 1. The Labute approximate surface area is 187 Å². The van der Waals surface area contributed by atoms with E-state index in [4.69, 9.17) is 14.2 Å². The second-order valence-electron chi connectivity index (χ2n) is 8.49. The first kappa shape index (κ1) is 21.1. The van der Waals surface area contributed by atoms with E-state index in [9.17, 15) is 9.18 Å². The fraction of sp³-hybridized carbons (Fsp3) is 0.400. The van der Waals surface area contributed by atoms with Crippen LogP contribution in [0.1, 0.15) is 33.5 Å². The van der Waals surface area contributed by atoms with Gasteiger partial charge in [-0.05, 0) is 49.7 Å². The summed E-state index contributed by atoms with van der Waals surface area (Å²) in [5.41, 5.74) is 2.97. The molecule has 0 unspecified atom stereocenters. The van der Waals surface area contributed by atoms with Gasteiger partial charge in [-0.1, -0.05) is 12.1 Å². The smallest absolute Gasteiger partial charge is 0.231 e. The minimum absolute atomic E-state index is 0.181. The summed E-state index contributed by atoms with van der Waals surface area (Å²) in [6.07, 6.45) is 2.65. The van der Waals surface area contributed by atoms with Crippen molar-refractivity contribution in [2.24, 2.45) is 0 Å². The molecular formula is C25H27FN2O4. The summed E-state index contributed by atoms with van der Waals surface area (Å²) in [5, 5.41) is 0. The normalized spacial score (nSPS) is 20.1. The van der Waals surface area contributed by atoms with Crippen LogP contribution in [0.5, 0.6) is 11.5 Å². The Balaban J connectivity index is 1.29. The number of halogens is 1. The first-order valence-corrected chi connectivity index (χ1v) is 11.1. The number of ketones is 1. The number of allylic oxidation sites excluding steroid dienone is 1. The highest BCUT2D eigenvalue weighted by Gasteiger charge is 2.33. The first-order valence-electron chi connectivity index (χ1n) is 11.1. The Kier molecular flexibility index (Phi) is 5.95. The molecule has 7 heteroatoms. The molecule has 0 atom stereocenters. The summed E-state index contributed by atoms with van der Waals surface area (Å²) in [6, 6.07) is 7.99. The van der Waals surface area contributed by atoms with Gasteiger partial charge in [-0.15, -0.1) is 0 Å². The summed E-state index contributed by atoms with van der Waals surface area (Å²) in [5.74, 6) is 1.01. The Morgan fingerprint density at radius 2 is 1.91 bits per heavy atom. The molecule has 0 N–H and O–H groups in total. The van der Waals surface area contributed by atoms with Gasteiger partial charge < -0.3 is 14.2 Å². The molecule has 0 aliphatic carbocycles. The maximum atomic E-state index is 13.5. The highest BCUT2D eigenvalue weighted by molar-refractivity contribution is 6.15. The monoisotopic (exact) mass is 438 g/mol. The lowest BCUT2D eigenvalue weighted by Crippen LogP contribution is -2.39. The highest BCUT2D eigenvalue weighted by atomic mass is 19.1. The minimum atomic E-state index is -0.351. The van der Waals surface area contributed by atoms with Crippen molar-refractivity contribution in [2.75, 3.05) is 46.1 Å². The average molecular weight is 438 g/mol. The summed E-state index contributed by atoms with van der Waals surface area (Å²) >= 11 is 0.